The summed E-state index contributed by atoms with van der Waals surface area (Å²) in [4.78, 5) is 135. The molecule has 36 heteroatoms. The Kier molecular flexibility index (Phi) is 30.9. The maximum Gasteiger partial charge on any atom is 0.331 e. The molecule has 7 aliphatic rings. The van der Waals surface area contributed by atoms with Crippen LogP contribution in [0.1, 0.15) is 88.5 Å². The van der Waals surface area contributed by atoms with Crippen LogP contribution >= 0.6 is 23.5 Å². The van der Waals surface area contributed by atoms with Gasteiger partial charge in [-0.25, -0.2) is 29.0 Å². The first-order valence-corrected chi connectivity index (χ1v) is 32.4. The van der Waals surface area contributed by atoms with Gasteiger partial charge in [-0.15, -0.1) is 23.5 Å². The number of hydrogen-bond donors (Lipinski definition) is 5. The molecule has 2 fully saturated rings. The second-order valence-corrected chi connectivity index (χ2v) is 24.6. The van der Waals surface area contributed by atoms with Crippen molar-refractivity contribution < 1.29 is 37.9 Å². The molecule has 100 heavy (non-hydrogen) atoms. The van der Waals surface area contributed by atoms with Gasteiger partial charge in [0.1, 0.15) is 40.7 Å². The van der Waals surface area contributed by atoms with Crippen molar-refractivity contribution >= 4 is 29.4 Å². The number of aryl methyl sites for hydroxylation is 4. The first kappa shape index (κ1) is 81.1. The molecule has 34 nitrogen and oxygen atoms in total. The lowest BCUT2D eigenvalue weighted by Gasteiger charge is -2.30. The van der Waals surface area contributed by atoms with Gasteiger partial charge in [-0.3, -0.25) is 71.7 Å². The highest BCUT2D eigenvalue weighted by molar-refractivity contribution is 8.00. The third kappa shape index (κ3) is 22.2. The van der Waals surface area contributed by atoms with E-state index in [9.17, 15) is 47.9 Å². The first-order valence-electron chi connectivity index (χ1n) is 30.3. The Morgan fingerprint density at radius 3 is 1.45 bits per heavy atom. The molecule has 1 unspecified atom stereocenters. The van der Waals surface area contributed by atoms with E-state index in [0.717, 1.165) is 18.0 Å². The summed E-state index contributed by atoms with van der Waals surface area (Å²) < 4.78 is 50.1. The van der Waals surface area contributed by atoms with Crippen molar-refractivity contribution in [3.05, 3.63) is 260 Å². The number of methoxy groups -OCH3 is 2. The molecule has 0 spiro atoms. The van der Waals surface area contributed by atoms with Gasteiger partial charge >= 0.3 is 28.4 Å². The zero-order valence-electron chi connectivity index (χ0n) is 55.3. The molecular formula is C64H86N16O18S2. The van der Waals surface area contributed by atoms with Crippen molar-refractivity contribution in [2.45, 2.75) is 129 Å². The smallest absolute Gasteiger partial charge is 0.331 e. The fourth-order valence-electron chi connectivity index (χ4n) is 9.39. The van der Waals surface area contributed by atoms with E-state index in [0.29, 0.717) is 52.8 Å². The summed E-state index contributed by atoms with van der Waals surface area (Å²) in [6.45, 7) is 19.3. The molecule has 5 N–H and O–H groups in total. The summed E-state index contributed by atoms with van der Waals surface area (Å²) in [6.07, 6.45) is 23.8. The number of likely N-dealkylation sites (N-methyl/N-ethyl adjacent to an activating group) is 1. The number of hydrogen-bond acceptors (Lipinski definition) is 24. The maximum absolute atomic E-state index is 11.6. The number of aliphatic imine (C=N–C) groups is 1. The van der Waals surface area contributed by atoms with Crippen LogP contribution in [0.3, 0.4) is 0 Å². The Bertz CT molecular complexity index is 4540. The number of H-pyrrole nitrogens is 5. The molecule has 0 aliphatic carbocycles. The Morgan fingerprint density at radius 2 is 1.04 bits per heavy atom. The van der Waals surface area contributed by atoms with Crippen LogP contribution in [0.4, 0.5) is 0 Å². The molecule has 542 valence electrons. The molecule has 0 radical (unpaired) electrons. The Morgan fingerprint density at radius 1 is 0.600 bits per heavy atom. The number of thioether (sulfide) groups is 2. The van der Waals surface area contributed by atoms with E-state index in [4.69, 9.17) is 43.4 Å². The van der Waals surface area contributed by atoms with Crippen molar-refractivity contribution in [1.82, 2.24) is 57.6 Å². The molecule has 7 aliphatic heterocycles. The van der Waals surface area contributed by atoms with Crippen LogP contribution in [0.2, 0.25) is 0 Å². The third-order valence-electron chi connectivity index (χ3n) is 14.6. The standard InChI is InChI=1S/C12H19N3O2S.C11H14N2O3.C10H11N5O3.C10H12N2O3.C10H10N2O3.C9H12N2O4S.2CH4/c1-9-13-10(14(2)3)5-6-15(9)11-8-18-12(17-11)7-16-4;1-3-8-4-5-9(16-8)13-6-7(2)10(14)12-11(13)15;1-6-5-15(10(17)13-9(6)16)8-3-2-7(18-8)4-12-14-11;2*1-6-5-12(10(14)11-9(6)13)8-4-3-7(2)15-8;1-14-4-8-15-7(5-16-8)11-3-2-6(12)10-9(11)13;;/h5-6,11-12H,1,7-8H2,2-4H3;4-6,8-9H,3H2,1-2H3,(H,12,14,15);2-3,5,7-8H,4H2,1H3,(H,13,16,17);3-5,7-8H,1-2H3,(H,11,13,14);3-5,8H,2H2,1H3,(H,11,13,14);2-3,7-8H,4-5H2,1H3,(H,10,12,13);2*1H4/t11-,12+;8?,9-;7-,8+;7-,8-;8-;7-,8+;;/m010110../s1. The summed E-state index contributed by atoms with van der Waals surface area (Å²) in [5.41, 5.74) is 5.84. The van der Waals surface area contributed by atoms with E-state index in [-0.39, 0.29) is 79.7 Å². The van der Waals surface area contributed by atoms with Crippen LogP contribution in [-0.2, 0) is 37.9 Å². The Labute approximate surface area is 580 Å². The van der Waals surface area contributed by atoms with Gasteiger partial charge in [0.15, 0.2) is 24.9 Å². The average molecular weight is 1430 g/mol. The van der Waals surface area contributed by atoms with Crippen LogP contribution < -0.4 is 56.2 Å². The molecule has 0 saturated carbocycles. The van der Waals surface area contributed by atoms with Crippen molar-refractivity contribution in [2.24, 2.45) is 10.1 Å². The zero-order chi connectivity index (χ0) is 71.5. The van der Waals surface area contributed by atoms with Gasteiger partial charge in [-0.2, -0.15) is 0 Å². The largest absolute Gasteiger partial charge is 0.467 e. The van der Waals surface area contributed by atoms with E-state index in [1.54, 1.807) is 95.8 Å². The molecular weight excluding hydrogens is 1340 g/mol. The number of amidine groups is 1. The molecule has 2 saturated heterocycles. The van der Waals surface area contributed by atoms with Gasteiger partial charge in [0, 0.05) is 110 Å². The van der Waals surface area contributed by atoms with Gasteiger partial charge in [-0.05, 0) is 83.0 Å². The predicted octanol–water partition coefficient (Wildman–Crippen LogP) is 4.43. The topological polar surface area (TPSA) is 416 Å². The molecule has 5 aromatic rings. The summed E-state index contributed by atoms with van der Waals surface area (Å²) in [5.74, 6) is 3.67. The SMILES string of the molecule is C.C.C=C1C=C[C@H](n2cc(C)c(=O)[nH]c2=O)O1.C=C1N=C(N(C)C)C=CN1[C@@H]1CS[C@H](COC)O1.CCC1C=C[C@H](n2cc(C)c(=O)[nH]c2=O)O1.COC[C@@H]1O[C@H](n2ccc(=O)[nH]c2=O)CS1.Cc1cn([C@H]2C=C[C@@H](C)O2)c(=O)[nH]c1=O.Cc1cn([C@H]2C=C[C@@H](CN=[N+]=[N-])O2)c(=O)[nH]c1=O. The van der Waals surface area contributed by atoms with Crippen LogP contribution in [0.25, 0.3) is 10.4 Å². The highest BCUT2D eigenvalue weighted by atomic mass is 32.2. The first-order chi connectivity index (χ1) is 46.7. The minimum Gasteiger partial charge on any atom is -0.467 e. The van der Waals surface area contributed by atoms with E-state index < -0.39 is 64.5 Å². The van der Waals surface area contributed by atoms with Crippen molar-refractivity contribution in [2.75, 3.05) is 59.6 Å². The van der Waals surface area contributed by atoms with Gasteiger partial charge in [0.2, 0.25) is 0 Å². The molecule has 0 amide bonds. The van der Waals surface area contributed by atoms with E-state index in [1.807, 2.05) is 68.2 Å². The minimum atomic E-state index is -0.591. The second kappa shape index (κ2) is 38.1. The van der Waals surface area contributed by atoms with E-state index >= 15 is 0 Å². The highest BCUT2D eigenvalue weighted by Gasteiger charge is 2.32. The normalized spacial score (nSPS) is 23.3. The lowest BCUT2D eigenvalue weighted by atomic mass is 10.3. The number of ether oxygens (including phenoxy) is 8. The molecule has 5 aromatic heterocycles. The van der Waals surface area contributed by atoms with Crippen molar-refractivity contribution in [3.8, 4) is 0 Å². The van der Waals surface area contributed by atoms with Gasteiger partial charge in [0.25, 0.3) is 27.8 Å². The van der Waals surface area contributed by atoms with Crippen LogP contribution in [0.15, 0.2) is 181 Å². The van der Waals surface area contributed by atoms with Crippen molar-refractivity contribution in [3.63, 3.8) is 0 Å². The zero-order valence-corrected chi connectivity index (χ0v) is 57.0. The second-order valence-electron chi connectivity index (χ2n) is 22.2. The molecule has 0 bridgehead atoms. The number of allylic oxidation sites excluding steroid dienone is 1. The lowest BCUT2D eigenvalue weighted by molar-refractivity contribution is -0.0311. The molecule has 12 heterocycles. The number of nitrogens with one attached hydrogen (secondary N) is 5. The molecule has 12 rings (SSSR count). The summed E-state index contributed by atoms with van der Waals surface area (Å²) in [5, 5.41) is 3.40. The van der Waals surface area contributed by atoms with Crippen LogP contribution in [0, 0.1) is 27.7 Å². The summed E-state index contributed by atoms with van der Waals surface area (Å²) in [6, 6.07) is 1.30. The van der Waals surface area contributed by atoms with Gasteiger partial charge in [-0.1, -0.05) is 58.3 Å². The molecule has 11 atom stereocenters. The van der Waals surface area contributed by atoms with Crippen LogP contribution in [0.5, 0.6) is 0 Å². The van der Waals surface area contributed by atoms with E-state index in [1.165, 1.54) is 59.9 Å². The molecule has 0 aromatic carbocycles. The fourth-order valence-corrected chi connectivity index (χ4v) is 11.5. The fraction of sp³-hybridized carbons (Fsp3) is 0.453. The van der Waals surface area contributed by atoms with Gasteiger partial charge < -0.3 is 47.7 Å². The van der Waals surface area contributed by atoms with Crippen molar-refractivity contribution in [1.29, 1.82) is 0 Å². The number of aromatic nitrogens is 10. The monoisotopic (exact) mass is 1430 g/mol. The predicted molar refractivity (Wildman–Crippen MR) is 379 cm³/mol. The van der Waals surface area contributed by atoms with Crippen LogP contribution in [-0.4, -0.2) is 158 Å². The Balaban J connectivity index is 0.000000216. The maximum atomic E-state index is 11.6. The lowest BCUT2D eigenvalue weighted by Crippen LogP contribution is -2.35. The average Bonchev–Trinajstić information content (AvgIpc) is 1.39. The third-order valence-corrected chi connectivity index (χ3v) is 16.8. The summed E-state index contributed by atoms with van der Waals surface area (Å²) in [7, 11) is 7.21. The number of aromatic amines is 5. The quantitative estimate of drug-likeness (QED) is 0.0471. The summed E-state index contributed by atoms with van der Waals surface area (Å²) >= 11 is 3.34. The number of nitrogens with zero attached hydrogens (tertiary/aromatic N) is 11. The highest BCUT2D eigenvalue weighted by Crippen LogP contribution is 2.32. The number of rotatable bonds is 13. The van der Waals surface area contributed by atoms with E-state index in [2.05, 4.69) is 53.1 Å². The number of azide groups is 1. The Hall–Kier alpha value is -9.62. The minimum absolute atomic E-state index is 0. The van der Waals surface area contributed by atoms with Gasteiger partial charge in [0.05, 0.1) is 38.1 Å².